The second-order valence-electron chi connectivity index (χ2n) is 6.39. The lowest BCUT2D eigenvalue weighted by atomic mass is 10.0. The minimum absolute atomic E-state index is 0.0648. The second kappa shape index (κ2) is 8.07. The highest BCUT2D eigenvalue weighted by Gasteiger charge is 2.33. The van der Waals surface area contributed by atoms with E-state index in [4.69, 9.17) is 0 Å². The SMILES string of the molecule is CS(=O)(=O)Nc1cc(C(c2cc(F)ccc2F)S(=O)(=O)c2ccc(F)cc2)ccn1. The Morgan fingerprint density at radius 1 is 0.867 bits per heavy atom. The number of sulfonamides is 1. The fourth-order valence-corrected chi connectivity index (χ4v) is 5.16. The van der Waals surface area contributed by atoms with Gasteiger partial charge in [0.25, 0.3) is 0 Å². The number of benzene rings is 2. The normalized spacial score (nSPS) is 13.1. The fourth-order valence-electron chi connectivity index (χ4n) is 2.86. The maximum Gasteiger partial charge on any atom is 0.230 e. The zero-order valence-electron chi connectivity index (χ0n) is 15.4. The van der Waals surface area contributed by atoms with Gasteiger partial charge in [-0.15, -0.1) is 0 Å². The largest absolute Gasteiger partial charge is 0.268 e. The van der Waals surface area contributed by atoms with Gasteiger partial charge in [0, 0.05) is 11.8 Å². The molecule has 0 radical (unpaired) electrons. The average molecular weight is 456 g/mol. The van der Waals surface area contributed by atoms with Gasteiger partial charge in [-0.2, -0.15) is 0 Å². The van der Waals surface area contributed by atoms with Crippen molar-refractivity contribution in [2.24, 2.45) is 0 Å². The van der Waals surface area contributed by atoms with E-state index < -0.39 is 48.1 Å². The third-order valence-corrected chi connectivity index (χ3v) is 6.73. The molecule has 1 heterocycles. The third-order valence-electron chi connectivity index (χ3n) is 4.07. The molecule has 158 valence electrons. The zero-order valence-corrected chi connectivity index (χ0v) is 17.0. The number of hydrogen-bond acceptors (Lipinski definition) is 5. The van der Waals surface area contributed by atoms with Crippen molar-refractivity contribution >= 4 is 25.7 Å². The lowest BCUT2D eigenvalue weighted by Crippen LogP contribution is -2.18. The van der Waals surface area contributed by atoms with Gasteiger partial charge in [0.15, 0.2) is 9.84 Å². The number of rotatable bonds is 6. The van der Waals surface area contributed by atoms with Crippen molar-refractivity contribution in [3.8, 4) is 0 Å². The molecule has 3 aromatic rings. The summed E-state index contributed by atoms with van der Waals surface area (Å²) in [6.45, 7) is 0. The predicted octanol–water partition coefficient (Wildman–Crippen LogP) is 3.43. The van der Waals surface area contributed by atoms with Crippen molar-refractivity contribution in [1.82, 2.24) is 4.98 Å². The minimum Gasteiger partial charge on any atom is -0.268 e. The molecule has 0 spiro atoms. The highest BCUT2D eigenvalue weighted by molar-refractivity contribution is 7.92. The Morgan fingerprint density at radius 3 is 2.13 bits per heavy atom. The molecule has 1 N–H and O–H groups in total. The molecule has 2 aromatic carbocycles. The number of anilines is 1. The fraction of sp³-hybridized carbons (Fsp3) is 0.105. The predicted molar refractivity (Wildman–Crippen MR) is 104 cm³/mol. The molecule has 3 rings (SSSR count). The number of nitrogens with one attached hydrogen (secondary N) is 1. The number of hydrogen-bond donors (Lipinski definition) is 1. The van der Waals surface area contributed by atoms with Crippen LogP contribution >= 0.6 is 0 Å². The van der Waals surface area contributed by atoms with Crippen LogP contribution in [0.4, 0.5) is 19.0 Å². The molecular formula is C19H15F3N2O4S2. The summed E-state index contributed by atoms with van der Waals surface area (Å²) < 4.78 is 93.4. The van der Waals surface area contributed by atoms with Crippen LogP contribution in [0.5, 0.6) is 0 Å². The molecule has 0 aliphatic carbocycles. The van der Waals surface area contributed by atoms with Crippen molar-refractivity contribution in [2.45, 2.75) is 10.1 Å². The Labute approximate surface area is 171 Å². The summed E-state index contributed by atoms with van der Waals surface area (Å²) in [7, 11) is -8.13. The topological polar surface area (TPSA) is 93.2 Å². The molecule has 0 saturated heterocycles. The van der Waals surface area contributed by atoms with E-state index in [2.05, 4.69) is 9.71 Å². The van der Waals surface area contributed by atoms with Crippen LogP contribution in [0.1, 0.15) is 16.4 Å². The molecular weight excluding hydrogens is 441 g/mol. The van der Waals surface area contributed by atoms with Gasteiger partial charge in [-0.3, -0.25) is 4.72 Å². The van der Waals surface area contributed by atoms with Crippen molar-refractivity contribution in [1.29, 1.82) is 0 Å². The van der Waals surface area contributed by atoms with E-state index in [9.17, 15) is 30.0 Å². The van der Waals surface area contributed by atoms with Crippen molar-refractivity contribution in [3.63, 3.8) is 0 Å². The number of nitrogens with zero attached hydrogens (tertiary/aromatic N) is 1. The molecule has 0 aliphatic heterocycles. The summed E-state index contributed by atoms with van der Waals surface area (Å²) >= 11 is 0. The van der Waals surface area contributed by atoms with Gasteiger partial charge in [-0.25, -0.2) is 35.0 Å². The summed E-state index contributed by atoms with van der Waals surface area (Å²) in [5.41, 5.74) is -0.555. The Balaban J connectivity index is 2.25. The van der Waals surface area contributed by atoms with Crippen LogP contribution in [0.15, 0.2) is 65.7 Å². The number of aromatic nitrogens is 1. The zero-order chi connectivity index (χ0) is 22.1. The summed E-state index contributed by atoms with van der Waals surface area (Å²) in [6, 6.07) is 8.58. The molecule has 0 bridgehead atoms. The van der Waals surface area contributed by atoms with Gasteiger partial charge >= 0.3 is 0 Å². The molecule has 0 saturated carbocycles. The van der Waals surface area contributed by atoms with E-state index in [1.165, 1.54) is 6.07 Å². The first-order valence-corrected chi connectivity index (χ1v) is 11.8. The molecule has 1 atom stereocenters. The quantitative estimate of drug-likeness (QED) is 0.574. The van der Waals surface area contributed by atoms with Gasteiger partial charge in [0.05, 0.1) is 11.2 Å². The van der Waals surface area contributed by atoms with Crippen molar-refractivity contribution in [3.05, 3.63) is 89.4 Å². The van der Waals surface area contributed by atoms with Crippen LogP contribution in [0.2, 0.25) is 0 Å². The number of halogens is 3. The smallest absolute Gasteiger partial charge is 0.230 e. The van der Waals surface area contributed by atoms with Crippen molar-refractivity contribution in [2.75, 3.05) is 11.0 Å². The van der Waals surface area contributed by atoms with Gasteiger partial charge < -0.3 is 0 Å². The molecule has 0 amide bonds. The number of sulfone groups is 1. The van der Waals surface area contributed by atoms with E-state index in [1.54, 1.807) is 0 Å². The maximum absolute atomic E-state index is 14.6. The van der Waals surface area contributed by atoms with E-state index in [-0.39, 0.29) is 16.3 Å². The molecule has 11 heteroatoms. The molecule has 0 aliphatic rings. The standard InChI is InChI=1S/C19H15F3N2O4S2/c1-29(25,26)24-18-10-12(8-9-23-18)19(16-11-14(21)4-7-17(16)22)30(27,28)15-5-2-13(20)3-6-15/h2-11,19H,1H3,(H,23,24). The molecule has 1 unspecified atom stereocenters. The molecule has 30 heavy (non-hydrogen) atoms. The van der Waals surface area contributed by atoms with Crippen LogP contribution in [-0.4, -0.2) is 28.1 Å². The highest BCUT2D eigenvalue weighted by atomic mass is 32.2. The summed E-state index contributed by atoms with van der Waals surface area (Å²) in [6.07, 6.45) is 2.01. The Kier molecular flexibility index (Phi) is 5.86. The van der Waals surface area contributed by atoms with Crippen LogP contribution in [0.25, 0.3) is 0 Å². The minimum atomic E-state index is -4.40. The maximum atomic E-state index is 14.6. The lowest BCUT2D eigenvalue weighted by molar-refractivity contribution is 0.569. The third kappa shape index (κ3) is 4.79. The van der Waals surface area contributed by atoms with Crippen molar-refractivity contribution < 1.29 is 30.0 Å². The molecule has 6 nitrogen and oxygen atoms in total. The summed E-state index contributed by atoms with van der Waals surface area (Å²) in [5.74, 6) is -2.73. The summed E-state index contributed by atoms with van der Waals surface area (Å²) in [5, 5.41) is -1.75. The number of pyridine rings is 1. The Morgan fingerprint density at radius 2 is 1.50 bits per heavy atom. The first-order valence-electron chi connectivity index (χ1n) is 8.35. The lowest BCUT2D eigenvalue weighted by Gasteiger charge is -2.20. The summed E-state index contributed by atoms with van der Waals surface area (Å²) in [4.78, 5) is 3.48. The van der Waals surface area contributed by atoms with E-state index in [0.717, 1.165) is 61.0 Å². The Hall–Kier alpha value is -2.92. The van der Waals surface area contributed by atoms with Crippen LogP contribution in [-0.2, 0) is 19.9 Å². The first kappa shape index (κ1) is 21.8. The average Bonchev–Trinajstić information content (AvgIpc) is 2.64. The van der Waals surface area contributed by atoms with Gasteiger partial charge in [0.1, 0.15) is 28.5 Å². The van der Waals surface area contributed by atoms with E-state index in [1.807, 2.05) is 0 Å². The van der Waals surface area contributed by atoms with E-state index in [0.29, 0.717) is 0 Å². The van der Waals surface area contributed by atoms with Crippen LogP contribution in [0, 0.1) is 17.5 Å². The first-order chi connectivity index (χ1) is 14.0. The highest BCUT2D eigenvalue weighted by Crippen LogP contribution is 2.37. The Bertz CT molecular complexity index is 1300. The van der Waals surface area contributed by atoms with Gasteiger partial charge in [-0.1, -0.05) is 0 Å². The van der Waals surface area contributed by atoms with Gasteiger partial charge in [-0.05, 0) is 60.2 Å². The van der Waals surface area contributed by atoms with Gasteiger partial charge in [0.2, 0.25) is 10.0 Å². The molecule has 1 aromatic heterocycles. The van der Waals surface area contributed by atoms with E-state index >= 15 is 0 Å². The van der Waals surface area contributed by atoms with Crippen LogP contribution < -0.4 is 4.72 Å². The second-order valence-corrected chi connectivity index (χ2v) is 10.2. The van der Waals surface area contributed by atoms with Crippen LogP contribution in [0.3, 0.4) is 0 Å². The monoisotopic (exact) mass is 456 g/mol. The molecule has 0 fully saturated rings.